The zero-order chi connectivity index (χ0) is 19.4. The molecule has 0 saturated carbocycles. The number of rotatable bonds is 3. The Bertz CT molecular complexity index is 1110. The van der Waals surface area contributed by atoms with Crippen molar-refractivity contribution in [1.29, 1.82) is 0 Å². The summed E-state index contributed by atoms with van der Waals surface area (Å²) in [4.78, 5) is 2.55. The number of aromatic nitrogens is 1. The molecule has 1 fully saturated rings. The van der Waals surface area contributed by atoms with E-state index in [1.807, 2.05) is 13.0 Å². The van der Waals surface area contributed by atoms with Crippen LogP contribution in [-0.2, 0) is 6.54 Å². The van der Waals surface area contributed by atoms with Crippen molar-refractivity contribution in [2.45, 2.75) is 32.7 Å². The predicted molar refractivity (Wildman–Crippen MR) is 112 cm³/mol. The zero-order valence-electron chi connectivity index (χ0n) is 16.6. The van der Waals surface area contributed by atoms with Gasteiger partial charge in [0.15, 0.2) is 11.6 Å². The van der Waals surface area contributed by atoms with Gasteiger partial charge < -0.3 is 9.30 Å². The van der Waals surface area contributed by atoms with Crippen LogP contribution in [0.15, 0.2) is 36.4 Å². The Hall–Kier alpha value is -2.59. The van der Waals surface area contributed by atoms with Gasteiger partial charge in [-0.15, -0.1) is 0 Å². The number of halogens is 1. The summed E-state index contributed by atoms with van der Waals surface area (Å²) in [5, 5.41) is 1.38. The number of methoxy groups -OCH3 is 1. The molecule has 0 amide bonds. The first kappa shape index (κ1) is 17.5. The maximum atomic E-state index is 14.2. The van der Waals surface area contributed by atoms with Crippen LogP contribution in [0.2, 0.25) is 0 Å². The third-order valence-electron chi connectivity index (χ3n) is 6.29. The van der Waals surface area contributed by atoms with Gasteiger partial charge in [-0.25, -0.2) is 4.39 Å². The molecule has 2 aliphatic heterocycles. The topological polar surface area (TPSA) is 17.4 Å². The van der Waals surface area contributed by atoms with E-state index in [1.165, 1.54) is 54.3 Å². The monoisotopic (exact) mass is 376 g/mol. The Labute approximate surface area is 165 Å². The molecule has 0 N–H and O–H groups in total. The van der Waals surface area contributed by atoms with E-state index < -0.39 is 0 Å². The summed E-state index contributed by atoms with van der Waals surface area (Å²) < 4.78 is 21.6. The van der Waals surface area contributed by atoms with Gasteiger partial charge in [0.05, 0.1) is 12.6 Å². The summed E-state index contributed by atoms with van der Waals surface area (Å²) in [7, 11) is 1.49. The highest BCUT2D eigenvalue weighted by molar-refractivity contribution is 5.91. The van der Waals surface area contributed by atoms with Crippen LogP contribution in [0.3, 0.4) is 0 Å². The number of ether oxygens (including phenoxy) is 1. The third kappa shape index (κ3) is 2.67. The highest BCUT2D eigenvalue weighted by Crippen LogP contribution is 2.42. The van der Waals surface area contributed by atoms with Gasteiger partial charge in [-0.05, 0) is 67.8 Å². The van der Waals surface area contributed by atoms with Crippen molar-refractivity contribution >= 4 is 22.7 Å². The Morgan fingerprint density at radius 3 is 2.86 bits per heavy atom. The molecule has 2 aliphatic rings. The number of fused-ring (bicyclic) bond motifs is 6. The molecule has 1 saturated heterocycles. The number of hydrogen-bond acceptors (Lipinski definition) is 2. The SMILES string of the molecule is COc1ccc(/C(C)=C/n2c3c(c4cc(C)ccc42)C2CCN(C3)C2)cc1F. The summed E-state index contributed by atoms with van der Waals surface area (Å²) in [6.45, 7) is 7.55. The molecule has 1 aromatic heterocycles. The van der Waals surface area contributed by atoms with Crippen LogP contribution in [0.5, 0.6) is 5.75 Å². The Morgan fingerprint density at radius 1 is 1.21 bits per heavy atom. The minimum atomic E-state index is -0.327. The Kier molecular flexibility index (Phi) is 4.06. The maximum Gasteiger partial charge on any atom is 0.165 e. The van der Waals surface area contributed by atoms with Gasteiger partial charge in [0, 0.05) is 36.3 Å². The number of allylic oxidation sites excluding steroid dienone is 1. The van der Waals surface area contributed by atoms with Crippen molar-refractivity contribution in [3.05, 3.63) is 64.6 Å². The van der Waals surface area contributed by atoms with E-state index in [2.05, 4.69) is 40.8 Å². The molecule has 4 heteroatoms. The molecule has 3 aromatic rings. The molecule has 3 heterocycles. The molecule has 0 aliphatic carbocycles. The van der Waals surface area contributed by atoms with Gasteiger partial charge in [-0.3, -0.25) is 4.90 Å². The minimum Gasteiger partial charge on any atom is -0.494 e. The standard InChI is InChI=1S/C24H25FN2O/c1-15-4-6-21-19(10-15)24-18-8-9-26(13-18)14-22(24)27(21)12-16(2)17-5-7-23(28-3)20(25)11-17/h4-7,10-12,18H,8-9,13-14H2,1-3H3/b16-12+. The largest absolute Gasteiger partial charge is 0.494 e. The molecule has 0 spiro atoms. The molecule has 2 atom stereocenters. The number of nitrogens with zero attached hydrogens (tertiary/aromatic N) is 2. The molecule has 2 aromatic carbocycles. The lowest BCUT2D eigenvalue weighted by Crippen LogP contribution is -2.25. The molecule has 2 unspecified atom stereocenters. The van der Waals surface area contributed by atoms with E-state index in [1.54, 1.807) is 12.1 Å². The van der Waals surface area contributed by atoms with Crippen molar-refractivity contribution in [2.24, 2.45) is 0 Å². The lowest BCUT2D eigenvalue weighted by atomic mass is 9.93. The molecular formula is C24H25FN2O. The minimum absolute atomic E-state index is 0.278. The summed E-state index contributed by atoms with van der Waals surface area (Å²) in [5.74, 6) is 0.577. The number of benzene rings is 2. The van der Waals surface area contributed by atoms with Crippen LogP contribution in [0.1, 0.15) is 41.6 Å². The van der Waals surface area contributed by atoms with E-state index in [0.29, 0.717) is 5.92 Å². The van der Waals surface area contributed by atoms with E-state index in [0.717, 1.165) is 17.7 Å². The van der Waals surface area contributed by atoms with Gasteiger partial charge in [0.25, 0.3) is 0 Å². The molecule has 3 nitrogen and oxygen atoms in total. The smallest absolute Gasteiger partial charge is 0.165 e. The molecule has 0 radical (unpaired) electrons. The third-order valence-corrected chi connectivity index (χ3v) is 6.29. The van der Waals surface area contributed by atoms with Crippen LogP contribution >= 0.6 is 0 Å². The first-order valence-electron chi connectivity index (χ1n) is 9.93. The first-order valence-corrected chi connectivity index (χ1v) is 9.93. The van der Waals surface area contributed by atoms with Crippen molar-refractivity contribution in [3.63, 3.8) is 0 Å². The van der Waals surface area contributed by atoms with E-state index >= 15 is 0 Å². The first-order chi connectivity index (χ1) is 13.5. The average Bonchev–Trinajstić information content (AvgIpc) is 3.20. The van der Waals surface area contributed by atoms with E-state index in [9.17, 15) is 4.39 Å². The molecule has 2 bridgehead atoms. The molecule has 28 heavy (non-hydrogen) atoms. The van der Waals surface area contributed by atoms with Crippen molar-refractivity contribution < 1.29 is 9.13 Å². The van der Waals surface area contributed by atoms with Crippen LogP contribution in [-0.4, -0.2) is 29.7 Å². The maximum absolute atomic E-state index is 14.2. The lowest BCUT2D eigenvalue weighted by Gasteiger charge is -2.24. The summed E-state index contributed by atoms with van der Waals surface area (Å²) in [6, 6.07) is 11.9. The number of hydrogen-bond donors (Lipinski definition) is 0. The fourth-order valence-corrected chi connectivity index (χ4v) is 4.87. The van der Waals surface area contributed by atoms with Crippen molar-refractivity contribution in [3.8, 4) is 5.75 Å². The fraction of sp³-hybridized carbons (Fsp3) is 0.333. The highest BCUT2D eigenvalue weighted by atomic mass is 19.1. The van der Waals surface area contributed by atoms with Crippen molar-refractivity contribution in [2.75, 3.05) is 20.2 Å². The zero-order valence-corrected chi connectivity index (χ0v) is 16.6. The molecule has 5 rings (SSSR count). The summed E-state index contributed by atoms with van der Waals surface area (Å²) in [6.07, 6.45) is 3.41. The van der Waals surface area contributed by atoms with Crippen LogP contribution < -0.4 is 4.74 Å². The van der Waals surface area contributed by atoms with E-state index in [4.69, 9.17) is 4.74 Å². The van der Waals surface area contributed by atoms with Gasteiger partial charge in [-0.2, -0.15) is 0 Å². The second-order valence-electron chi connectivity index (χ2n) is 8.13. The van der Waals surface area contributed by atoms with Gasteiger partial charge in [0.1, 0.15) is 0 Å². The van der Waals surface area contributed by atoms with Crippen molar-refractivity contribution in [1.82, 2.24) is 9.47 Å². The second-order valence-corrected chi connectivity index (χ2v) is 8.13. The number of aryl methyl sites for hydroxylation is 1. The fourth-order valence-electron chi connectivity index (χ4n) is 4.87. The second kappa shape index (κ2) is 6.49. The predicted octanol–water partition coefficient (Wildman–Crippen LogP) is 5.42. The normalized spacial score (nSPS) is 21.2. The molecular weight excluding hydrogens is 351 g/mol. The molecule has 144 valence electrons. The summed E-state index contributed by atoms with van der Waals surface area (Å²) in [5.41, 5.74) is 7.37. The highest BCUT2D eigenvalue weighted by Gasteiger charge is 2.35. The van der Waals surface area contributed by atoms with Gasteiger partial charge in [-0.1, -0.05) is 17.7 Å². The van der Waals surface area contributed by atoms with Gasteiger partial charge in [0.2, 0.25) is 0 Å². The quantitative estimate of drug-likeness (QED) is 0.607. The van der Waals surface area contributed by atoms with Crippen LogP contribution in [0, 0.1) is 12.7 Å². The van der Waals surface area contributed by atoms with Crippen LogP contribution in [0.25, 0.3) is 22.7 Å². The lowest BCUT2D eigenvalue weighted by molar-refractivity contribution is 0.308. The average molecular weight is 376 g/mol. The van der Waals surface area contributed by atoms with Gasteiger partial charge >= 0.3 is 0 Å². The Morgan fingerprint density at radius 2 is 2.07 bits per heavy atom. The van der Waals surface area contributed by atoms with Crippen LogP contribution in [0.4, 0.5) is 4.39 Å². The Balaban J connectivity index is 1.68. The van der Waals surface area contributed by atoms with E-state index in [-0.39, 0.29) is 11.6 Å². The summed E-state index contributed by atoms with van der Waals surface area (Å²) >= 11 is 0.